The molecular formula is C19H21ClN2O2. The lowest BCUT2D eigenvalue weighted by atomic mass is 10.1. The van der Waals surface area contributed by atoms with Gasteiger partial charge in [0, 0.05) is 30.3 Å². The largest absolute Gasteiger partial charge is 0.484 e. The van der Waals surface area contributed by atoms with E-state index in [0.717, 1.165) is 24.5 Å². The summed E-state index contributed by atoms with van der Waals surface area (Å²) in [4.78, 5) is 14.2. The molecule has 2 aromatic carbocycles. The zero-order valence-electron chi connectivity index (χ0n) is 13.5. The Morgan fingerprint density at radius 3 is 2.67 bits per heavy atom. The van der Waals surface area contributed by atoms with E-state index in [1.54, 1.807) is 0 Å². The summed E-state index contributed by atoms with van der Waals surface area (Å²) in [5, 5.41) is 3.71. The summed E-state index contributed by atoms with van der Waals surface area (Å²) < 4.78 is 5.45. The Kier molecular flexibility index (Phi) is 5.59. The first kappa shape index (κ1) is 16.7. The number of carbonyl (C=O) groups is 1. The van der Waals surface area contributed by atoms with Gasteiger partial charge in [0.15, 0.2) is 6.61 Å². The summed E-state index contributed by atoms with van der Waals surface area (Å²) >= 11 is 5.93. The van der Waals surface area contributed by atoms with Crippen molar-refractivity contribution in [2.24, 2.45) is 5.92 Å². The van der Waals surface area contributed by atoms with E-state index in [4.69, 9.17) is 16.3 Å². The van der Waals surface area contributed by atoms with Crippen molar-refractivity contribution in [2.45, 2.75) is 6.42 Å². The molecule has 1 heterocycles. The van der Waals surface area contributed by atoms with E-state index in [0.29, 0.717) is 18.2 Å². The molecule has 1 saturated heterocycles. The molecule has 24 heavy (non-hydrogen) atoms. The van der Waals surface area contributed by atoms with Gasteiger partial charge in [-0.15, -0.1) is 0 Å². The van der Waals surface area contributed by atoms with E-state index >= 15 is 0 Å². The molecule has 1 aliphatic rings. The van der Waals surface area contributed by atoms with E-state index in [9.17, 15) is 4.79 Å². The molecule has 0 aliphatic carbocycles. The number of ether oxygens (including phenoxy) is 1. The Morgan fingerprint density at radius 1 is 1.17 bits per heavy atom. The van der Waals surface area contributed by atoms with Gasteiger partial charge >= 0.3 is 0 Å². The van der Waals surface area contributed by atoms with Crippen molar-refractivity contribution in [3.8, 4) is 5.75 Å². The van der Waals surface area contributed by atoms with Crippen LogP contribution in [0.5, 0.6) is 5.75 Å². The number of amides is 1. The Hall–Kier alpha value is -2.20. The monoisotopic (exact) mass is 344 g/mol. The molecule has 1 amide bonds. The minimum absolute atomic E-state index is 0.0532. The SMILES string of the molecule is O=C(COc1ccccc1)NCC1CCN(c2ccc(Cl)cc2)C1. The zero-order valence-corrected chi connectivity index (χ0v) is 14.2. The van der Waals surface area contributed by atoms with Gasteiger partial charge in [-0.05, 0) is 48.7 Å². The predicted octanol–water partition coefficient (Wildman–Crippen LogP) is 3.36. The third kappa shape index (κ3) is 4.65. The van der Waals surface area contributed by atoms with Gasteiger partial charge in [-0.25, -0.2) is 0 Å². The number of nitrogens with zero attached hydrogens (tertiary/aromatic N) is 1. The number of rotatable bonds is 6. The Balaban J connectivity index is 1.39. The molecule has 2 aromatic rings. The number of hydrogen-bond donors (Lipinski definition) is 1. The number of anilines is 1. The first-order valence-electron chi connectivity index (χ1n) is 8.16. The molecule has 1 fully saturated rings. The second kappa shape index (κ2) is 8.06. The number of para-hydroxylation sites is 1. The summed E-state index contributed by atoms with van der Waals surface area (Å²) in [6.07, 6.45) is 1.07. The molecule has 5 heteroatoms. The molecule has 1 aliphatic heterocycles. The van der Waals surface area contributed by atoms with Gasteiger partial charge in [-0.2, -0.15) is 0 Å². The van der Waals surface area contributed by atoms with Crippen molar-refractivity contribution in [2.75, 3.05) is 31.1 Å². The average Bonchev–Trinajstić information content (AvgIpc) is 3.09. The fraction of sp³-hybridized carbons (Fsp3) is 0.316. The standard InChI is InChI=1S/C19H21ClN2O2/c20-16-6-8-17(9-7-16)22-11-10-15(13-22)12-21-19(23)14-24-18-4-2-1-3-5-18/h1-9,15H,10-14H2,(H,21,23). The van der Waals surface area contributed by atoms with Crippen LogP contribution in [-0.2, 0) is 4.79 Å². The maximum atomic E-state index is 11.9. The number of carbonyl (C=O) groups excluding carboxylic acids is 1. The molecule has 4 nitrogen and oxygen atoms in total. The molecule has 1 N–H and O–H groups in total. The van der Waals surface area contributed by atoms with Gasteiger partial charge in [0.25, 0.3) is 5.91 Å². The van der Waals surface area contributed by atoms with Crippen LogP contribution < -0.4 is 15.0 Å². The lowest BCUT2D eigenvalue weighted by Crippen LogP contribution is -2.34. The van der Waals surface area contributed by atoms with Gasteiger partial charge in [0.1, 0.15) is 5.75 Å². The summed E-state index contributed by atoms with van der Waals surface area (Å²) in [6, 6.07) is 17.3. The molecule has 0 aromatic heterocycles. The van der Waals surface area contributed by atoms with Crippen molar-refractivity contribution < 1.29 is 9.53 Å². The van der Waals surface area contributed by atoms with Crippen molar-refractivity contribution in [3.63, 3.8) is 0 Å². The molecule has 0 bridgehead atoms. The second-order valence-corrected chi connectivity index (χ2v) is 6.42. The second-order valence-electron chi connectivity index (χ2n) is 5.98. The summed E-state index contributed by atoms with van der Waals surface area (Å²) in [5.41, 5.74) is 1.18. The Bertz CT molecular complexity index is 661. The molecular weight excluding hydrogens is 324 g/mol. The zero-order chi connectivity index (χ0) is 16.8. The van der Waals surface area contributed by atoms with Crippen molar-refractivity contribution in [1.29, 1.82) is 0 Å². The summed E-state index contributed by atoms with van der Waals surface area (Å²) in [6.45, 7) is 2.68. The van der Waals surface area contributed by atoms with Gasteiger partial charge in [0.2, 0.25) is 0 Å². The first-order chi connectivity index (χ1) is 11.7. The Morgan fingerprint density at radius 2 is 1.92 bits per heavy atom. The van der Waals surface area contributed by atoms with Gasteiger partial charge < -0.3 is 15.0 Å². The fourth-order valence-electron chi connectivity index (χ4n) is 2.86. The van der Waals surface area contributed by atoms with Crippen LogP contribution >= 0.6 is 11.6 Å². The van der Waals surface area contributed by atoms with Crippen molar-refractivity contribution in [3.05, 3.63) is 59.6 Å². The highest BCUT2D eigenvalue weighted by Crippen LogP contribution is 2.24. The third-order valence-electron chi connectivity index (χ3n) is 4.18. The topological polar surface area (TPSA) is 41.6 Å². The molecule has 0 spiro atoms. The lowest BCUT2D eigenvalue weighted by molar-refractivity contribution is -0.123. The molecule has 126 valence electrons. The highest BCUT2D eigenvalue weighted by Gasteiger charge is 2.23. The maximum Gasteiger partial charge on any atom is 0.257 e. The van der Waals surface area contributed by atoms with Crippen LogP contribution in [0, 0.1) is 5.92 Å². The van der Waals surface area contributed by atoms with Crippen LogP contribution in [0.25, 0.3) is 0 Å². The van der Waals surface area contributed by atoms with E-state index in [1.165, 1.54) is 5.69 Å². The number of hydrogen-bond acceptors (Lipinski definition) is 3. The van der Waals surface area contributed by atoms with E-state index in [-0.39, 0.29) is 12.5 Å². The lowest BCUT2D eigenvalue weighted by Gasteiger charge is -2.19. The third-order valence-corrected chi connectivity index (χ3v) is 4.43. The smallest absolute Gasteiger partial charge is 0.257 e. The first-order valence-corrected chi connectivity index (χ1v) is 8.53. The van der Waals surface area contributed by atoms with Crippen molar-refractivity contribution >= 4 is 23.2 Å². The highest BCUT2D eigenvalue weighted by molar-refractivity contribution is 6.30. The minimum Gasteiger partial charge on any atom is -0.484 e. The van der Waals surface area contributed by atoms with Crippen LogP contribution in [-0.4, -0.2) is 32.1 Å². The number of nitrogens with one attached hydrogen (secondary N) is 1. The quantitative estimate of drug-likeness (QED) is 0.873. The van der Waals surface area contributed by atoms with Gasteiger partial charge in [-0.3, -0.25) is 4.79 Å². The van der Waals surface area contributed by atoms with Crippen LogP contribution in [0.4, 0.5) is 5.69 Å². The van der Waals surface area contributed by atoms with Gasteiger partial charge in [0.05, 0.1) is 0 Å². The molecule has 3 rings (SSSR count). The van der Waals surface area contributed by atoms with E-state index < -0.39 is 0 Å². The molecule has 0 saturated carbocycles. The fourth-order valence-corrected chi connectivity index (χ4v) is 2.99. The van der Waals surface area contributed by atoms with Crippen molar-refractivity contribution in [1.82, 2.24) is 5.32 Å². The Labute approximate surface area is 147 Å². The number of benzene rings is 2. The predicted molar refractivity (Wildman–Crippen MR) is 96.7 cm³/mol. The van der Waals surface area contributed by atoms with E-state index in [2.05, 4.69) is 10.2 Å². The van der Waals surface area contributed by atoms with Crippen LogP contribution in [0.1, 0.15) is 6.42 Å². The summed E-state index contributed by atoms with van der Waals surface area (Å²) in [5.74, 6) is 1.09. The molecule has 0 radical (unpaired) electrons. The van der Waals surface area contributed by atoms with Crippen LogP contribution in [0.3, 0.4) is 0 Å². The van der Waals surface area contributed by atoms with Crippen LogP contribution in [0.2, 0.25) is 5.02 Å². The normalized spacial score (nSPS) is 16.9. The van der Waals surface area contributed by atoms with E-state index in [1.807, 2.05) is 54.6 Å². The minimum atomic E-state index is -0.0798. The highest BCUT2D eigenvalue weighted by atomic mass is 35.5. The molecule has 1 atom stereocenters. The van der Waals surface area contributed by atoms with Gasteiger partial charge in [-0.1, -0.05) is 29.8 Å². The average molecular weight is 345 g/mol. The number of halogens is 1. The van der Waals surface area contributed by atoms with Crippen LogP contribution in [0.15, 0.2) is 54.6 Å². The maximum absolute atomic E-state index is 11.9. The molecule has 1 unspecified atom stereocenters. The summed E-state index contributed by atoms with van der Waals surface area (Å²) in [7, 11) is 0.